The highest BCUT2D eigenvalue weighted by Crippen LogP contribution is 2.41. The van der Waals surface area contributed by atoms with Crippen LogP contribution in [0.3, 0.4) is 0 Å². The summed E-state index contributed by atoms with van der Waals surface area (Å²) in [5, 5.41) is 4.46. The molecule has 9 aromatic rings. The van der Waals surface area contributed by atoms with Crippen LogP contribution in [0, 0.1) is 0 Å². The van der Waals surface area contributed by atoms with E-state index in [0.717, 1.165) is 77.2 Å². The van der Waals surface area contributed by atoms with Gasteiger partial charge in [0.15, 0.2) is 11.7 Å². The first-order valence-electron chi connectivity index (χ1n) is 17.0. The molecule has 0 amide bonds. The minimum Gasteiger partial charge on any atom is -0.456 e. The highest BCUT2D eigenvalue weighted by atomic mass is 16.3. The van der Waals surface area contributed by atoms with Gasteiger partial charge in [-0.15, -0.1) is 0 Å². The fourth-order valence-electron chi connectivity index (χ4n) is 7.04. The average molecular weight is 657 g/mol. The lowest BCUT2D eigenvalue weighted by molar-refractivity contribution is 0.669. The van der Waals surface area contributed by atoms with E-state index in [1.54, 1.807) is 0 Å². The Morgan fingerprint density at radius 2 is 1.22 bits per heavy atom. The van der Waals surface area contributed by atoms with Crippen molar-refractivity contribution in [2.45, 2.75) is 6.54 Å². The standard InChI is InChI=1S/C46H32N4O/c1-47-45(34-26-24-33(25-27-34)32-16-6-3-7-17-32)49-46(48-30-31-14-4-2-5-15-31)37-19-9-12-22-40(37)50-39-21-11-8-18-35(39)36-28-29-42-43(44(36)50)38-20-10-13-23-41(38)51-42/h2-29H,1,30H2/b48-46-,49-45-. The molecule has 0 spiro atoms. The summed E-state index contributed by atoms with van der Waals surface area (Å²) in [7, 11) is 0. The predicted molar refractivity (Wildman–Crippen MR) is 213 cm³/mol. The maximum atomic E-state index is 6.39. The zero-order valence-corrected chi connectivity index (χ0v) is 27.8. The van der Waals surface area contributed by atoms with E-state index in [4.69, 9.17) is 14.4 Å². The fraction of sp³-hybridized carbons (Fsp3) is 0.0217. The summed E-state index contributed by atoms with van der Waals surface area (Å²) >= 11 is 0. The normalized spacial score (nSPS) is 12.3. The molecule has 0 aliphatic heterocycles. The van der Waals surface area contributed by atoms with Gasteiger partial charge in [-0.3, -0.25) is 4.99 Å². The maximum absolute atomic E-state index is 6.39. The van der Waals surface area contributed by atoms with Crippen LogP contribution in [0.25, 0.3) is 60.6 Å². The third-order valence-corrected chi connectivity index (χ3v) is 9.43. The molecule has 51 heavy (non-hydrogen) atoms. The van der Waals surface area contributed by atoms with Gasteiger partial charge >= 0.3 is 0 Å². The molecule has 2 aromatic heterocycles. The van der Waals surface area contributed by atoms with Gasteiger partial charge in [0, 0.05) is 27.3 Å². The zero-order valence-electron chi connectivity index (χ0n) is 27.8. The summed E-state index contributed by atoms with van der Waals surface area (Å²) in [6, 6.07) is 58.3. The molecule has 2 heterocycles. The van der Waals surface area contributed by atoms with Gasteiger partial charge in [-0.05, 0) is 59.8 Å². The van der Waals surface area contributed by atoms with Crippen LogP contribution in [-0.4, -0.2) is 23.0 Å². The predicted octanol–water partition coefficient (Wildman–Crippen LogP) is 11.4. The number of hydrogen-bond acceptors (Lipinski definition) is 2. The summed E-state index contributed by atoms with van der Waals surface area (Å²) in [5.74, 6) is 1.07. The molecular formula is C46H32N4O. The van der Waals surface area contributed by atoms with Crippen LogP contribution in [0.5, 0.6) is 0 Å². The molecular weight excluding hydrogens is 625 g/mol. The van der Waals surface area contributed by atoms with Crippen LogP contribution in [0.4, 0.5) is 0 Å². The van der Waals surface area contributed by atoms with Crippen molar-refractivity contribution in [3.8, 4) is 16.8 Å². The van der Waals surface area contributed by atoms with Gasteiger partial charge < -0.3 is 8.98 Å². The first kappa shape index (κ1) is 30.2. The van der Waals surface area contributed by atoms with Gasteiger partial charge in [0.05, 0.1) is 28.7 Å². The second-order valence-electron chi connectivity index (χ2n) is 12.5. The topological polar surface area (TPSA) is 55.1 Å². The quantitative estimate of drug-likeness (QED) is 0.130. The molecule has 0 saturated heterocycles. The zero-order chi connectivity index (χ0) is 34.1. The van der Waals surface area contributed by atoms with Crippen molar-refractivity contribution in [3.05, 3.63) is 187 Å². The molecule has 0 N–H and O–H groups in total. The van der Waals surface area contributed by atoms with E-state index in [-0.39, 0.29) is 0 Å². The van der Waals surface area contributed by atoms with Crippen LogP contribution < -0.4 is 0 Å². The summed E-state index contributed by atoms with van der Waals surface area (Å²) in [6.45, 7) is 4.40. The molecule has 0 atom stereocenters. The number of aromatic nitrogens is 1. The minimum absolute atomic E-state index is 0.454. The summed E-state index contributed by atoms with van der Waals surface area (Å²) in [4.78, 5) is 14.8. The maximum Gasteiger partial charge on any atom is 0.161 e. The lowest BCUT2D eigenvalue weighted by Gasteiger charge is -2.15. The highest BCUT2D eigenvalue weighted by molar-refractivity contribution is 6.25. The molecule has 9 rings (SSSR count). The number of benzene rings is 7. The van der Waals surface area contributed by atoms with E-state index in [1.807, 2.05) is 66.7 Å². The molecule has 0 aliphatic rings. The van der Waals surface area contributed by atoms with Gasteiger partial charge in [-0.25, -0.2) is 9.98 Å². The Morgan fingerprint density at radius 1 is 0.549 bits per heavy atom. The van der Waals surface area contributed by atoms with E-state index in [1.165, 1.54) is 0 Å². The SMILES string of the molecule is C=N/C(=N\C(=N/Cc1ccccc1)c1ccccc1-n1c2ccccc2c2ccc3oc4ccccc4c3c21)c1ccc(-c2ccccc2)cc1. The van der Waals surface area contributed by atoms with Gasteiger partial charge in [-0.1, -0.05) is 133 Å². The van der Waals surface area contributed by atoms with Crippen molar-refractivity contribution in [1.82, 2.24) is 4.57 Å². The number of fused-ring (bicyclic) bond motifs is 7. The Morgan fingerprint density at radius 3 is 2.02 bits per heavy atom. The highest BCUT2D eigenvalue weighted by Gasteiger charge is 2.21. The van der Waals surface area contributed by atoms with E-state index in [9.17, 15) is 0 Å². The third kappa shape index (κ3) is 5.42. The van der Waals surface area contributed by atoms with Gasteiger partial charge in [0.25, 0.3) is 0 Å². The van der Waals surface area contributed by atoms with Crippen LogP contribution in [-0.2, 0) is 6.54 Å². The van der Waals surface area contributed by atoms with Gasteiger partial charge in [0.2, 0.25) is 0 Å². The summed E-state index contributed by atoms with van der Waals surface area (Å²) in [6.07, 6.45) is 0. The largest absolute Gasteiger partial charge is 0.456 e. The molecule has 7 aromatic carbocycles. The van der Waals surface area contributed by atoms with E-state index >= 15 is 0 Å². The number of hydrogen-bond donors (Lipinski definition) is 0. The van der Waals surface area contributed by atoms with Crippen molar-refractivity contribution >= 4 is 62.1 Å². The number of nitrogens with zero attached hydrogens (tertiary/aromatic N) is 4. The molecule has 242 valence electrons. The third-order valence-electron chi connectivity index (χ3n) is 9.43. The van der Waals surface area contributed by atoms with Crippen LogP contribution in [0.2, 0.25) is 0 Å². The Labute approximate surface area is 295 Å². The Bertz CT molecular complexity index is 2770. The van der Waals surface area contributed by atoms with Crippen molar-refractivity contribution < 1.29 is 4.42 Å². The van der Waals surface area contributed by atoms with Gasteiger partial charge in [-0.2, -0.15) is 0 Å². The van der Waals surface area contributed by atoms with Crippen molar-refractivity contribution in [2.24, 2.45) is 15.0 Å². The lowest BCUT2D eigenvalue weighted by Crippen LogP contribution is -2.09. The number of furan rings is 1. The average Bonchev–Trinajstić information content (AvgIpc) is 3.75. The van der Waals surface area contributed by atoms with Crippen LogP contribution >= 0.6 is 0 Å². The number of amidine groups is 2. The lowest BCUT2D eigenvalue weighted by atomic mass is 10.0. The fourth-order valence-corrected chi connectivity index (χ4v) is 7.04. The second-order valence-corrected chi connectivity index (χ2v) is 12.5. The number of aliphatic imine (C=N–C) groups is 3. The first-order valence-corrected chi connectivity index (χ1v) is 17.0. The second kappa shape index (κ2) is 12.9. The van der Waals surface area contributed by atoms with Crippen molar-refractivity contribution in [3.63, 3.8) is 0 Å². The van der Waals surface area contributed by atoms with Crippen molar-refractivity contribution in [1.29, 1.82) is 0 Å². The monoisotopic (exact) mass is 656 g/mol. The Kier molecular flexibility index (Phi) is 7.63. The van der Waals surface area contributed by atoms with E-state index < -0.39 is 0 Å². The summed E-state index contributed by atoms with van der Waals surface area (Å²) < 4.78 is 8.73. The van der Waals surface area contributed by atoms with E-state index in [2.05, 4.69) is 119 Å². The molecule has 5 heteroatoms. The molecule has 0 aliphatic carbocycles. The molecule has 0 saturated carbocycles. The first-order chi connectivity index (χ1) is 25.3. The number of rotatable bonds is 6. The molecule has 0 radical (unpaired) electrons. The Hall–Kier alpha value is -6.85. The van der Waals surface area contributed by atoms with Crippen molar-refractivity contribution in [2.75, 3.05) is 0 Å². The molecule has 0 bridgehead atoms. The van der Waals surface area contributed by atoms with E-state index in [0.29, 0.717) is 18.2 Å². The van der Waals surface area contributed by atoms with Crippen LogP contribution in [0.1, 0.15) is 16.7 Å². The smallest absolute Gasteiger partial charge is 0.161 e. The Balaban J connectivity index is 1.27. The molecule has 0 fully saturated rings. The number of para-hydroxylation sites is 3. The minimum atomic E-state index is 0.454. The van der Waals surface area contributed by atoms with Crippen LogP contribution in [0.15, 0.2) is 189 Å². The molecule has 0 unspecified atom stereocenters. The van der Waals surface area contributed by atoms with Gasteiger partial charge in [0.1, 0.15) is 11.2 Å². The summed E-state index contributed by atoms with van der Waals surface area (Å²) in [5.41, 5.74) is 9.93. The molecule has 5 nitrogen and oxygen atoms in total.